The molecule has 10 nitrogen and oxygen atoms in total. The van der Waals surface area contributed by atoms with Gasteiger partial charge in [-0.2, -0.15) is 0 Å². The summed E-state index contributed by atoms with van der Waals surface area (Å²) < 4.78 is 12.5. The number of imide groups is 1. The number of hydrogen-bond donors (Lipinski definition) is 2. The molecule has 2 N–H and O–H groups in total. The molecule has 0 aromatic heterocycles. The summed E-state index contributed by atoms with van der Waals surface area (Å²) in [6, 6.07) is 5.84. The van der Waals surface area contributed by atoms with Crippen molar-refractivity contribution in [1.82, 2.24) is 15.1 Å². The van der Waals surface area contributed by atoms with Crippen LogP contribution in [0.3, 0.4) is 0 Å². The fourth-order valence-corrected chi connectivity index (χ4v) is 3.31. The lowest BCUT2D eigenvalue weighted by molar-refractivity contribution is -0.545. The molecule has 0 bridgehead atoms. The van der Waals surface area contributed by atoms with Crippen molar-refractivity contribution < 1.29 is 28.7 Å². The van der Waals surface area contributed by atoms with Gasteiger partial charge in [0.15, 0.2) is 0 Å². The summed E-state index contributed by atoms with van der Waals surface area (Å²) in [5.74, 6) is 1.74. The van der Waals surface area contributed by atoms with E-state index in [9.17, 15) is 14.7 Å². The van der Waals surface area contributed by atoms with Gasteiger partial charge in [0, 0.05) is 14.1 Å². The SMILES string of the molecule is CCCNC1=[N+](CC(O)COc2ccc(OC)cc2)C2C(=O)N(C)C(=O)N(C)C2=N1. The van der Waals surface area contributed by atoms with Gasteiger partial charge in [0.1, 0.15) is 24.2 Å². The minimum atomic E-state index is -0.888. The van der Waals surface area contributed by atoms with Crippen molar-refractivity contribution in [3.05, 3.63) is 24.3 Å². The maximum absolute atomic E-state index is 12.8. The average molecular weight is 418 g/mol. The zero-order valence-corrected chi connectivity index (χ0v) is 17.7. The number of guanidine groups is 1. The number of urea groups is 1. The van der Waals surface area contributed by atoms with Crippen molar-refractivity contribution in [1.29, 1.82) is 0 Å². The van der Waals surface area contributed by atoms with Gasteiger partial charge in [0.2, 0.25) is 11.9 Å². The van der Waals surface area contributed by atoms with Crippen LogP contribution >= 0.6 is 0 Å². The summed E-state index contributed by atoms with van der Waals surface area (Å²) in [4.78, 5) is 32.0. The monoisotopic (exact) mass is 418 g/mol. The minimum Gasteiger partial charge on any atom is -0.497 e. The highest BCUT2D eigenvalue weighted by atomic mass is 16.5. The van der Waals surface area contributed by atoms with Crippen LogP contribution in [-0.2, 0) is 4.79 Å². The van der Waals surface area contributed by atoms with Crippen LogP contribution in [0.2, 0.25) is 0 Å². The lowest BCUT2D eigenvalue weighted by Gasteiger charge is -2.32. The molecule has 1 saturated heterocycles. The number of amidine groups is 1. The number of aliphatic hydroxyl groups excluding tert-OH is 1. The molecule has 0 spiro atoms. The first kappa shape index (κ1) is 21.6. The van der Waals surface area contributed by atoms with Crippen LogP contribution in [0.15, 0.2) is 29.3 Å². The molecule has 30 heavy (non-hydrogen) atoms. The second-order valence-corrected chi connectivity index (χ2v) is 7.15. The Morgan fingerprint density at radius 2 is 1.87 bits per heavy atom. The normalized spacial score (nSPS) is 19.6. The third-order valence-corrected chi connectivity index (χ3v) is 4.97. The molecule has 0 saturated carbocycles. The first-order chi connectivity index (χ1) is 14.4. The highest BCUT2D eigenvalue weighted by Crippen LogP contribution is 2.20. The second kappa shape index (κ2) is 9.12. The van der Waals surface area contributed by atoms with E-state index in [1.54, 1.807) is 43.0 Å². The molecule has 3 amide bonds. The quantitative estimate of drug-likeness (QED) is 0.581. The number of amides is 3. The molecule has 0 aliphatic carbocycles. The third-order valence-electron chi connectivity index (χ3n) is 4.97. The van der Waals surface area contributed by atoms with Crippen LogP contribution in [0.25, 0.3) is 0 Å². The smallest absolute Gasteiger partial charge is 0.390 e. The molecule has 0 radical (unpaired) electrons. The predicted octanol–water partition coefficient (Wildman–Crippen LogP) is 0.108. The van der Waals surface area contributed by atoms with Crippen LogP contribution in [-0.4, -0.2) is 96.3 Å². The largest absolute Gasteiger partial charge is 0.497 e. The summed E-state index contributed by atoms with van der Waals surface area (Å²) >= 11 is 0. The number of nitrogens with zero attached hydrogens (tertiary/aromatic N) is 4. The van der Waals surface area contributed by atoms with Crippen LogP contribution in [0.1, 0.15) is 13.3 Å². The van der Waals surface area contributed by atoms with Gasteiger partial charge in [-0.15, -0.1) is 0 Å². The van der Waals surface area contributed by atoms with E-state index < -0.39 is 18.2 Å². The van der Waals surface area contributed by atoms with Crippen molar-refractivity contribution in [3.8, 4) is 11.5 Å². The second-order valence-electron chi connectivity index (χ2n) is 7.15. The first-order valence-corrected chi connectivity index (χ1v) is 9.83. The van der Waals surface area contributed by atoms with Gasteiger partial charge < -0.3 is 14.6 Å². The van der Waals surface area contributed by atoms with E-state index in [1.165, 1.54) is 11.9 Å². The predicted molar refractivity (Wildman–Crippen MR) is 110 cm³/mol. The summed E-state index contributed by atoms with van der Waals surface area (Å²) in [6.07, 6.45) is -0.0281. The molecule has 3 rings (SSSR count). The van der Waals surface area contributed by atoms with Crippen molar-refractivity contribution in [2.75, 3.05) is 40.9 Å². The Labute approximate surface area is 175 Å². The summed E-state index contributed by atoms with van der Waals surface area (Å²) in [5, 5.41) is 13.8. The summed E-state index contributed by atoms with van der Waals surface area (Å²) in [5.41, 5.74) is 0. The Kier molecular flexibility index (Phi) is 6.56. The van der Waals surface area contributed by atoms with E-state index >= 15 is 0 Å². The van der Waals surface area contributed by atoms with Gasteiger partial charge in [-0.3, -0.25) is 19.9 Å². The van der Waals surface area contributed by atoms with Crippen LogP contribution in [0.4, 0.5) is 4.79 Å². The van der Waals surface area contributed by atoms with E-state index in [0.29, 0.717) is 29.8 Å². The van der Waals surface area contributed by atoms with Gasteiger partial charge in [0.25, 0.3) is 5.91 Å². The maximum atomic E-state index is 12.8. The number of ether oxygens (including phenoxy) is 2. The van der Waals surface area contributed by atoms with Gasteiger partial charge in [-0.1, -0.05) is 11.9 Å². The number of nitrogens with one attached hydrogen (secondary N) is 1. The molecule has 1 aromatic carbocycles. The Morgan fingerprint density at radius 1 is 1.20 bits per heavy atom. The number of rotatable bonds is 8. The van der Waals surface area contributed by atoms with Gasteiger partial charge >= 0.3 is 12.0 Å². The number of aliphatic hydroxyl groups is 1. The standard InChI is InChI=1S/C20H27N5O5/c1-5-10-21-19-22-17-16(18(27)24(3)20(28)23(17)2)25(19)11-13(26)12-30-15-8-6-14(29-4)7-9-15/h6-9,13,16,26H,5,10-12H2,1-4H3/p+1. The van der Waals surface area contributed by atoms with E-state index in [-0.39, 0.29) is 19.1 Å². The van der Waals surface area contributed by atoms with E-state index in [2.05, 4.69) is 10.3 Å². The number of likely N-dealkylation sites (N-methyl/N-ethyl adjacent to an activating group) is 2. The number of hydrogen-bond acceptors (Lipinski definition) is 7. The number of aliphatic imine (C=N–C) groups is 1. The molecular formula is C20H28N5O5+. The van der Waals surface area contributed by atoms with Crippen molar-refractivity contribution in [2.45, 2.75) is 25.5 Å². The van der Waals surface area contributed by atoms with Crippen LogP contribution in [0.5, 0.6) is 11.5 Å². The maximum Gasteiger partial charge on any atom is 0.390 e. The van der Waals surface area contributed by atoms with Gasteiger partial charge in [-0.25, -0.2) is 9.37 Å². The van der Waals surface area contributed by atoms with E-state index in [1.807, 2.05) is 6.92 Å². The zero-order valence-electron chi connectivity index (χ0n) is 17.7. The highest BCUT2D eigenvalue weighted by molar-refractivity contribution is 6.22. The number of carbonyl (C=O) groups excluding carboxylic acids is 2. The summed E-state index contributed by atoms with van der Waals surface area (Å²) in [6.45, 7) is 2.81. The van der Waals surface area contributed by atoms with Crippen molar-refractivity contribution >= 4 is 23.7 Å². The molecule has 1 aromatic rings. The Hall–Kier alpha value is -3.14. The molecule has 1 fully saturated rings. The molecule has 2 aliphatic heterocycles. The number of benzene rings is 1. The van der Waals surface area contributed by atoms with E-state index in [4.69, 9.17) is 9.47 Å². The molecule has 2 unspecified atom stereocenters. The average Bonchev–Trinajstić information content (AvgIpc) is 3.11. The number of carbonyl (C=O) groups is 2. The van der Waals surface area contributed by atoms with Crippen LogP contribution in [0, 0.1) is 0 Å². The molecule has 162 valence electrons. The van der Waals surface area contributed by atoms with Gasteiger partial charge in [0.05, 0.1) is 20.2 Å². The fourth-order valence-electron chi connectivity index (χ4n) is 3.31. The fraction of sp³-hybridized carbons (Fsp3) is 0.500. The molecule has 2 aliphatic rings. The Bertz CT molecular complexity index is 867. The molecule has 2 atom stereocenters. The highest BCUT2D eigenvalue weighted by Gasteiger charge is 2.51. The Morgan fingerprint density at radius 3 is 2.50 bits per heavy atom. The minimum absolute atomic E-state index is 0.0325. The summed E-state index contributed by atoms with van der Waals surface area (Å²) in [7, 11) is 4.61. The lowest BCUT2D eigenvalue weighted by Crippen LogP contribution is -2.62. The first-order valence-electron chi connectivity index (χ1n) is 9.83. The molecule has 10 heteroatoms. The van der Waals surface area contributed by atoms with Crippen molar-refractivity contribution in [2.24, 2.45) is 4.99 Å². The van der Waals surface area contributed by atoms with E-state index in [0.717, 1.165) is 11.3 Å². The molecular weight excluding hydrogens is 390 g/mol. The zero-order chi connectivity index (χ0) is 21.8. The third kappa shape index (κ3) is 4.23. The Balaban J connectivity index is 1.73. The van der Waals surface area contributed by atoms with Crippen LogP contribution < -0.4 is 14.8 Å². The number of fused-ring (bicyclic) bond motifs is 1. The van der Waals surface area contributed by atoms with Gasteiger partial charge in [-0.05, 0) is 30.7 Å². The molecule has 2 heterocycles. The number of methoxy groups -OCH3 is 1. The topological polar surface area (TPSA) is 107 Å². The lowest BCUT2D eigenvalue weighted by atomic mass is 10.1. The van der Waals surface area contributed by atoms with Crippen molar-refractivity contribution in [3.63, 3.8) is 0 Å². The number of β-amino-alcohol motifs (C(OH)–C–C–N with tert-alkyl or cyclic N) is 1.